The molecule has 2 nitrogen and oxygen atoms in total. The van der Waals surface area contributed by atoms with Crippen molar-refractivity contribution < 1.29 is 4.74 Å². The van der Waals surface area contributed by atoms with Gasteiger partial charge in [-0.25, -0.2) is 0 Å². The average molecular weight is 289 g/mol. The van der Waals surface area contributed by atoms with Crippen molar-refractivity contribution in [2.45, 2.75) is 78.4 Å². The fraction of sp³-hybridized carbons (Fsp3) is 0.684. The first-order chi connectivity index (χ1) is 9.58. The van der Waals surface area contributed by atoms with Gasteiger partial charge in [-0.1, -0.05) is 46.8 Å². The summed E-state index contributed by atoms with van der Waals surface area (Å²) < 4.78 is 6.28. The highest BCUT2D eigenvalue weighted by molar-refractivity contribution is 5.39. The summed E-state index contributed by atoms with van der Waals surface area (Å²) in [5.41, 5.74) is 9.33. The topological polar surface area (TPSA) is 35.2 Å². The van der Waals surface area contributed by atoms with Crippen molar-refractivity contribution in [1.82, 2.24) is 0 Å². The first-order valence-electron chi connectivity index (χ1n) is 8.12. The third-order valence-electron chi connectivity index (χ3n) is 4.71. The lowest BCUT2D eigenvalue weighted by atomic mass is 9.74. The Morgan fingerprint density at radius 2 is 1.90 bits per heavy atom. The van der Waals surface area contributed by atoms with E-state index in [0.717, 1.165) is 18.6 Å². The summed E-state index contributed by atoms with van der Waals surface area (Å²) in [5.74, 6) is 0.987. The van der Waals surface area contributed by atoms with Crippen molar-refractivity contribution in [3.8, 4) is 5.75 Å². The van der Waals surface area contributed by atoms with E-state index < -0.39 is 0 Å². The maximum Gasteiger partial charge on any atom is 0.122 e. The molecule has 0 heterocycles. The predicted molar refractivity (Wildman–Crippen MR) is 89.9 cm³/mol. The van der Waals surface area contributed by atoms with Crippen LogP contribution in [0, 0.1) is 12.3 Å². The van der Waals surface area contributed by atoms with Crippen molar-refractivity contribution in [1.29, 1.82) is 0 Å². The third kappa shape index (κ3) is 4.00. The van der Waals surface area contributed by atoms with Gasteiger partial charge in [0.05, 0.1) is 0 Å². The zero-order valence-corrected chi connectivity index (χ0v) is 14.5. The van der Waals surface area contributed by atoms with Gasteiger partial charge in [0.25, 0.3) is 0 Å². The van der Waals surface area contributed by atoms with Gasteiger partial charge in [0.15, 0.2) is 0 Å². The van der Waals surface area contributed by atoms with Crippen molar-refractivity contribution >= 4 is 0 Å². The van der Waals surface area contributed by atoms with Crippen LogP contribution in [0.5, 0.6) is 5.75 Å². The van der Waals surface area contributed by atoms with Gasteiger partial charge in [-0.3, -0.25) is 0 Å². The van der Waals surface area contributed by atoms with E-state index in [1.54, 1.807) is 0 Å². The molecule has 118 valence electrons. The molecule has 2 heteroatoms. The van der Waals surface area contributed by atoms with Crippen LogP contribution in [-0.4, -0.2) is 12.1 Å². The minimum absolute atomic E-state index is 0.132. The number of benzene rings is 1. The normalized spacial score (nSPS) is 25.7. The monoisotopic (exact) mass is 289 g/mol. The molecule has 21 heavy (non-hydrogen) atoms. The fourth-order valence-corrected chi connectivity index (χ4v) is 3.08. The van der Waals surface area contributed by atoms with Crippen LogP contribution in [0.15, 0.2) is 18.2 Å². The quantitative estimate of drug-likeness (QED) is 0.865. The predicted octanol–water partition coefficient (Wildman–Crippen LogP) is 4.58. The smallest absolute Gasteiger partial charge is 0.122 e. The van der Waals surface area contributed by atoms with Gasteiger partial charge in [0.1, 0.15) is 11.9 Å². The molecular weight excluding hydrogens is 258 g/mol. The van der Waals surface area contributed by atoms with Crippen molar-refractivity contribution in [2.75, 3.05) is 0 Å². The number of hydrogen-bond acceptors (Lipinski definition) is 2. The van der Waals surface area contributed by atoms with Crippen LogP contribution in [0.2, 0.25) is 0 Å². The van der Waals surface area contributed by atoms with E-state index in [-0.39, 0.29) is 17.6 Å². The Morgan fingerprint density at radius 3 is 2.48 bits per heavy atom. The second-order valence-corrected chi connectivity index (χ2v) is 8.46. The van der Waals surface area contributed by atoms with Crippen LogP contribution >= 0.6 is 0 Å². The molecule has 1 aromatic rings. The summed E-state index contributed by atoms with van der Waals surface area (Å²) in [6, 6.07) is 6.70. The Labute approximate surface area is 130 Å². The molecule has 1 fully saturated rings. The second kappa shape index (κ2) is 5.64. The minimum Gasteiger partial charge on any atom is -0.489 e. The molecule has 1 aliphatic rings. The lowest BCUT2D eigenvalue weighted by molar-refractivity contribution is 0.0664. The Balaban J connectivity index is 2.16. The van der Waals surface area contributed by atoms with E-state index >= 15 is 0 Å². The van der Waals surface area contributed by atoms with Gasteiger partial charge in [-0.2, -0.15) is 0 Å². The van der Waals surface area contributed by atoms with Crippen molar-refractivity contribution in [3.63, 3.8) is 0 Å². The lowest BCUT2D eigenvalue weighted by Gasteiger charge is -2.39. The first-order valence-corrected chi connectivity index (χ1v) is 8.12. The van der Waals surface area contributed by atoms with Gasteiger partial charge in [-0.05, 0) is 54.2 Å². The second-order valence-electron chi connectivity index (χ2n) is 8.46. The number of hydrogen-bond donors (Lipinski definition) is 1. The number of nitrogens with two attached hydrogens (primary N) is 1. The van der Waals surface area contributed by atoms with Crippen LogP contribution in [0.25, 0.3) is 0 Å². The van der Waals surface area contributed by atoms with Gasteiger partial charge < -0.3 is 10.5 Å². The maximum absolute atomic E-state index is 6.28. The average Bonchev–Trinajstić information content (AvgIpc) is 2.35. The molecule has 0 radical (unpaired) electrons. The molecule has 0 saturated heterocycles. The highest BCUT2D eigenvalue weighted by Gasteiger charge is 2.34. The molecule has 0 aliphatic heterocycles. The number of aryl methyl sites for hydroxylation is 1. The van der Waals surface area contributed by atoms with Crippen LogP contribution in [0.4, 0.5) is 0 Å². The molecular formula is C19H31NO. The molecule has 2 rings (SSSR count). The molecule has 2 unspecified atom stereocenters. The molecule has 1 saturated carbocycles. The molecule has 2 N–H and O–H groups in total. The van der Waals surface area contributed by atoms with Gasteiger partial charge in [-0.15, -0.1) is 0 Å². The minimum atomic E-state index is 0.132. The van der Waals surface area contributed by atoms with E-state index in [2.05, 4.69) is 59.7 Å². The van der Waals surface area contributed by atoms with Crippen molar-refractivity contribution in [2.24, 2.45) is 11.1 Å². The molecule has 0 amide bonds. The Bertz CT molecular complexity index is 499. The van der Waals surface area contributed by atoms with Gasteiger partial charge >= 0.3 is 0 Å². The molecule has 0 bridgehead atoms. The molecule has 0 spiro atoms. The first kappa shape index (κ1) is 16.4. The standard InChI is InChI=1S/C19H31NO/c1-13-11-14(18(2,3)4)7-8-16(13)21-17-12-19(5,6)10-9-15(17)20/h7-8,11,15,17H,9-10,12,20H2,1-6H3. The zero-order chi connectivity index (χ0) is 15.8. The molecule has 0 aromatic heterocycles. The van der Waals surface area contributed by atoms with Crippen LogP contribution < -0.4 is 10.5 Å². The van der Waals surface area contributed by atoms with Gasteiger partial charge in [0, 0.05) is 6.04 Å². The van der Waals surface area contributed by atoms with E-state index in [0.29, 0.717) is 5.41 Å². The SMILES string of the molecule is Cc1cc(C(C)(C)C)ccc1OC1CC(C)(C)CCC1N. The fourth-order valence-electron chi connectivity index (χ4n) is 3.08. The molecule has 1 aromatic carbocycles. The Hall–Kier alpha value is -1.02. The van der Waals surface area contributed by atoms with E-state index in [4.69, 9.17) is 10.5 Å². The van der Waals surface area contributed by atoms with E-state index in [1.165, 1.54) is 17.5 Å². The summed E-state index contributed by atoms with van der Waals surface area (Å²) in [5, 5.41) is 0. The highest BCUT2D eigenvalue weighted by atomic mass is 16.5. The highest BCUT2D eigenvalue weighted by Crippen LogP contribution is 2.37. The summed E-state index contributed by atoms with van der Waals surface area (Å²) in [7, 11) is 0. The van der Waals surface area contributed by atoms with Crippen molar-refractivity contribution in [3.05, 3.63) is 29.3 Å². The Morgan fingerprint density at radius 1 is 1.24 bits per heavy atom. The largest absolute Gasteiger partial charge is 0.489 e. The van der Waals surface area contributed by atoms with E-state index in [9.17, 15) is 0 Å². The summed E-state index contributed by atoms with van der Waals surface area (Å²) in [6.07, 6.45) is 3.41. The summed E-state index contributed by atoms with van der Waals surface area (Å²) >= 11 is 0. The molecule has 1 aliphatic carbocycles. The lowest BCUT2D eigenvalue weighted by Crippen LogP contribution is -2.46. The summed E-state index contributed by atoms with van der Waals surface area (Å²) in [6.45, 7) is 13.5. The van der Waals surface area contributed by atoms with Crippen LogP contribution in [-0.2, 0) is 5.41 Å². The molecule has 2 atom stereocenters. The van der Waals surface area contributed by atoms with Gasteiger partial charge in [0.2, 0.25) is 0 Å². The van der Waals surface area contributed by atoms with E-state index in [1.807, 2.05) is 0 Å². The Kier molecular flexibility index (Phi) is 4.39. The van der Waals surface area contributed by atoms with Crippen LogP contribution in [0.1, 0.15) is 65.0 Å². The number of rotatable bonds is 2. The van der Waals surface area contributed by atoms with Crippen LogP contribution in [0.3, 0.4) is 0 Å². The third-order valence-corrected chi connectivity index (χ3v) is 4.71. The zero-order valence-electron chi connectivity index (χ0n) is 14.5. The number of ether oxygens (including phenoxy) is 1. The maximum atomic E-state index is 6.28. The summed E-state index contributed by atoms with van der Waals surface area (Å²) in [4.78, 5) is 0.